The van der Waals surface area contributed by atoms with Gasteiger partial charge in [0.1, 0.15) is 5.56 Å². The first kappa shape index (κ1) is 25.3. The molecule has 3 rings (SSSR count). The van der Waals surface area contributed by atoms with E-state index in [0.29, 0.717) is 27.3 Å². The number of nitrogens with two attached hydrogens (primary N) is 2. The molecule has 1 aromatic heterocycles. The summed E-state index contributed by atoms with van der Waals surface area (Å²) < 4.78 is 46.4. The Morgan fingerprint density at radius 2 is 1.77 bits per heavy atom. The minimum atomic E-state index is -4.84. The Labute approximate surface area is 198 Å². The number of hydrazine groups is 1. The van der Waals surface area contributed by atoms with Crippen molar-refractivity contribution in [3.63, 3.8) is 0 Å². The van der Waals surface area contributed by atoms with Crippen molar-refractivity contribution >= 4 is 28.9 Å². The first-order valence-corrected chi connectivity index (χ1v) is 10.3. The number of hydrogen-bond acceptors (Lipinski definition) is 7. The largest absolute Gasteiger partial charge is 0.462 e. The summed E-state index contributed by atoms with van der Waals surface area (Å²) in [6, 6.07) is 12.5. The SMILES string of the molecule is CCOC(=O)c1cnn(-c2ccc(N(N)/C=C(\N)c3ccc(NC(C)=O)cc3)cc2)c1C(F)(F)F. The molecule has 1 heterocycles. The highest BCUT2D eigenvalue weighted by Gasteiger charge is 2.41. The molecule has 3 aromatic rings. The lowest BCUT2D eigenvalue weighted by atomic mass is 10.1. The average Bonchev–Trinajstić information content (AvgIpc) is 3.25. The molecule has 0 atom stereocenters. The van der Waals surface area contributed by atoms with Gasteiger partial charge in [-0.1, -0.05) is 12.1 Å². The Hall–Kier alpha value is -4.32. The van der Waals surface area contributed by atoms with Crippen molar-refractivity contribution in [2.75, 3.05) is 16.9 Å². The molecule has 184 valence electrons. The predicted octanol–water partition coefficient (Wildman–Crippen LogP) is 3.66. The number of rotatable bonds is 7. The van der Waals surface area contributed by atoms with Gasteiger partial charge in [-0.25, -0.2) is 15.3 Å². The lowest BCUT2D eigenvalue weighted by molar-refractivity contribution is -0.143. The molecule has 0 fully saturated rings. The number of anilines is 2. The lowest BCUT2D eigenvalue weighted by Crippen LogP contribution is -2.25. The third kappa shape index (κ3) is 5.98. The van der Waals surface area contributed by atoms with E-state index in [1.54, 1.807) is 24.3 Å². The maximum atomic E-state index is 13.7. The van der Waals surface area contributed by atoms with E-state index >= 15 is 0 Å². The fraction of sp³-hybridized carbons (Fsp3) is 0.174. The summed E-state index contributed by atoms with van der Waals surface area (Å²) in [5.41, 5.74) is 6.25. The monoisotopic (exact) mass is 488 g/mol. The summed E-state index contributed by atoms with van der Waals surface area (Å²) >= 11 is 0. The Morgan fingerprint density at radius 1 is 1.14 bits per heavy atom. The number of ether oxygens (including phenoxy) is 1. The maximum absolute atomic E-state index is 13.7. The van der Waals surface area contributed by atoms with E-state index in [1.165, 1.54) is 49.3 Å². The molecule has 0 saturated carbocycles. The Kier molecular flexibility index (Phi) is 7.45. The van der Waals surface area contributed by atoms with Crippen LogP contribution < -0.4 is 21.9 Å². The van der Waals surface area contributed by atoms with Crippen molar-refractivity contribution in [2.24, 2.45) is 11.6 Å². The minimum absolute atomic E-state index is 0.0653. The van der Waals surface area contributed by atoms with E-state index in [0.717, 1.165) is 6.20 Å². The molecule has 0 aliphatic carbocycles. The zero-order valence-electron chi connectivity index (χ0n) is 18.8. The first-order valence-electron chi connectivity index (χ1n) is 10.3. The van der Waals surface area contributed by atoms with E-state index in [4.69, 9.17) is 16.3 Å². The molecule has 0 aliphatic heterocycles. The van der Waals surface area contributed by atoms with Crippen LogP contribution >= 0.6 is 0 Å². The summed E-state index contributed by atoms with van der Waals surface area (Å²) in [5, 5.41) is 7.59. The van der Waals surface area contributed by atoms with Crippen molar-refractivity contribution in [1.82, 2.24) is 9.78 Å². The number of carbonyl (C=O) groups excluding carboxylic acids is 2. The van der Waals surface area contributed by atoms with Gasteiger partial charge in [-0.05, 0) is 48.9 Å². The van der Waals surface area contributed by atoms with Crippen LogP contribution in [0.4, 0.5) is 24.5 Å². The highest BCUT2D eigenvalue weighted by molar-refractivity contribution is 5.91. The van der Waals surface area contributed by atoms with Crippen molar-refractivity contribution in [1.29, 1.82) is 0 Å². The number of hydrogen-bond donors (Lipinski definition) is 3. The van der Waals surface area contributed by atoms with Crippen LogP contribution in [0.5, 0.6) is 0 Å². The van der Waals surface area contributed by atoms with Crippen molar-refractivity contribution in [3.05, 3.63) is 77.7 Å². The lowest BCUT2D eigenvalue weighted by Gasteiger charge is -2.17. The van der Waals surface area contributed by atoms with E-state index in [2.05, 4.69) is 10.4 Å². The molecule has 0 unspecified atom stereocenters. The number of halogens is 3. The van der Waals surface area contributed by atoms with Gasteiger partial charge < -0.3 is 15.8 Å². The quantitative estimate of drug-likeness (QED) is 0.263. The van der Waals surface area contributed by atoms with Crippen LogP contribution in [0.25, 0.3) is 11.4 Å². The Morgan fingerprint density at radius 3 is 2.31 bits per heavy atom. The number of esters is 1. The highest BCUT2D eigenvalue weighted by atomic mass is 19.4. The van der Waals surface area contributed by atoms with Gasteiger partial charge in [0.25, 0.3) is 0 Å². The number of amides is 1. The molecule has 1 amide bonds. The Bertz CT molecular complexity index is 1230. The molecule has 35 heavy (non-hydrogen) atoms. The third-order valence-electron chi connectivity index (χ3n) is 4.74. The first-order chi connectivity index (χ1) is 16.5. The standard InChI is InChI=1S/C23H23F3N6O3/c1-3-35-22(34)19-12-29-32(21(19)23(24,25)26)18-10-8-17(9-11-18)31(28)13-20(27)15-4-6-16(7-5-15)30-14(2)33/h4-13H,3,27-28H2,1-2H3,(H,30,33)/b20-13-. The number of nitrogens with zero attached hydrogens (tertiary/aromatic N) is 3. The van der Waals surface area contributed by atoms with E-state index in [1.807, 2.05) is 0 Å². The van der Waals surface area contributed by atoms with E-state index in [9.17, 15) is 22.8 Å². The molecule has 0 aliphatic rings. The molecule has 0 radical (unpaired) electrons. The van der Waals surface area contributed by atoms with Gasteiger partial charge in [-0.15, -0.1) is 0 Å². The molecular weight excluding hydrogens is 465 g/mol. The normalized spacial score (nSPS) is 11.8. The number of carbonyl (C=O) groups is 2. The van der Waals surface area contributed by atoms with Crippen molar-refractivity contribution < 1.29 is 27.5 Å². The molecule has 5 N–H and O–H groups in total. The summed E-state index contributed by atoms with van der Waals surface area (Å²) in [5.74, 6) is 4.74. The minimum Gasteiger partial charge on any atom is -0.462 e. The van der Waals surface area contributed by atoms with Gasteiger partial charge in [0, 0.05) is 18.8 Å². The van der Waals surface area contributed by atoms with Gasteiger partial charge in [-0.2, -0.15) is 18.3 Å². The maximum Gasteiger partial charge on any atom is 0.434 e. The van der Waals surface area contributed by atoms with Gasteiger partial charge in [0.15, 0.2) is 5.69 Å². The third-order valence-corrected chi connectivity index (χ3v) is 4.74. The molecule has 12 heteroatoms. The van der Waals surface area contributed by atoms with Crippen LogP contribution in [-0.2, 0) is 15.7 Å². The van der Waals surface area contributed by atoms with Gasteiger partial charge in [-0.3, -0.25) is 9.80 Å². The fourth-order valence-electron chi connectivity index (χ4n) is 3.19. The summed E-state index contributed by atoms with van der Waals surface area (Å²) in [6.45, 7) is 2.82. The van der Waals surface area contributed by atoms with Crippen LogP contribution in [0, 0.1) is 0 Å². The van der Waals surface area contributed by atoms with Gasteiger partial charge >= 0.3 is 12.1 Å². The zero-order chi connectivity index (χ0) is 25.8. The molecule has 0 spiro atoms. The topological polar surface area (TPSA) is 128 Å². The molecular formula is C23H23F3N6O3. The summed E-state index contributed by atoms with van der Waals surface area (Å²) in [7, 11) is 0. The van der Waals surface area contributed by atoms with E-state index < -0.39 is 23.4 Å². The molecule has 0 saturated heterocycles. The van der Waals surface area contributed by atoms with Gasteiger partial charge in [0.2, 0.25) is 5.91 Å². The second-order valence-electron chi connectivity index (χ2n) is 7.30. The molecule has 2 aromatic carbocycles. The average molecular weight is 488 g/mol. The number of aromatic nitrogens is 2. The smallest absolute Gasteiger partial charge is 0.434 e. The second kappa shape index (κ2) is 10.3. The highest BCUT2D eigenvalue weighted by Crippen LogP contribution is 2.34. The number of nitrogens with one attached hydrogen (secondary N) is 1. The van der Waals surface area contributed by atoms with Crippen LogP contribution in [0.2, 0.25) is 0 Å². The van der Waals surface area contributed by atoms with Crippen LogP contribution in [0.15, 0.2) is 60.9 Å². The van der Waals surface area contributed by atoms with Crippen LogP contribution in [-0.4, -0.2) is 28.3 Å². The molecule has 9 nitrogen and oxygen atoms in total. The predicted molar refractivity (Wildman–Crippen MR) is 124 cm³/mol. The Balaban J connectivity index is 1.84. The van der Waals surface area contributed by atoms with Crippen LogP contribution in [0.3, 0.4) is 0 Å². The summed E-state index contributed by atoms with van der Waals surface area (Å²) in [4.78, 5) is 23.1. The fourth-order valence-corrected chi connectivity index (χ4v) is 3.19. The second-order valence-corrected chi connectivity index (χ2v) is 7.30. The summed E-state index contributed by atoms with van der Waals surface area (Å²) in [6.07, 6.45) is -2.58. The number of alkyl halides is 3. The van der Waals surface area contributed by atoms with Crippen molar-refractivity contribution in [2.45, 2.75) is 20.0 Å². The molecule has 0 bridgehead atoms. The zero-order valence-corrected chi connectivity index (χ0v) is 18.8. The van der Waals surface area contributed by atoms with Crippen molar-refractivity contribution in [3.8, 4) is 5.69 Å². The van der Waals surface area contributed by atoms with Gasteiger partial charge in [0.05, 0.1) is 29.9 Å². The number of benzene rings is 2. The van der Waals surface area contributed by atoms with E-state index in [-0.39, 0.29) is 18.2 Å². The van der Waals surface area contributed by atoms with Crippen LogP contribution in [0.1, 0.15) is 35.5 Å².